The second kappa shape index (κ2) is 4.93. The molecule has 16 heavy (non-hydrogen) atoms. The lowest BCUT2D eigenvalue weighted by molar-refractivity contribution is -0.124. The van der Waals surface area contributed by atoms with E-state index in [9.17, 15) is 9.18 Å². The Morgan fingerprint density at radius 3 is 3.06 bits per heavy atom. The molecule has 0 aliphatic carbocycles. The summed E-state index contributed by atoms with van der Waals surface area (Å²) in [7, 11) is 0. The van der Waals surface area contributed by atoms with Crippen LogP contribution in [0.1, 0.15) is 12.8 Å². The molecule has 86 valence electrons. The Balaban J connectivity index is 2.07. The number of amides is 1. The van der Waals surface area contributed by atoms with Crippen LogP contribution in [-0.2, 0) is 9.53 Å². The van der Waals surface area contributed by atoms with Crippen molar-refractivity contribution in [3.63, 3.8) is 0 Å². The summed E-state index contributed by atoms with van der Waals surface area (Å²) in [6.07, 6.45) is 1.21. The van der Waals surface area contributed by atoms with Crippen molar-refractivity contribution in [1.82, 2.24) is 0 Å². The molecule has 1 saturated heterocycles. The zero-order valence-electron chi connectivity index (χ0n) is 8.50. The van der Waals surface area contributed by atoms with Crippen LogP contribution < -0.4 is 5.32 Å². The van der Waals surface area contributed by atoms with Crippen LogP contribution in [0.2, 0.25) is 0 Å². The molecule has 0 radical (unpaired) electrons. The maximum Gasteiger partial charge on any atom is 0.253 e. The summed E-state index contributed by atoms with van der Waals surface area (Å²) in [6.45, 7) is 0.613. The summed E-state index contributed by atoms with van der Waals surface area (Å²) in [5.74, 6) is -0.602. The summed E-state index contributed by atoms with van der Waals surface area (Å²) >= 11 is 3.25. The number of anilines is 1. The molecule has 1 N–H and O–H groups in total. The van der Waals surface area contributed by atoms with Crippen LogP contribution in [0.3, 0.4) is 0 Å². The first-order valence-electron chi connectivity index (χ1n) is 5.04. The van der Waals surface area contributed by atoms with Gasteiger partial charge in [-0.15, -0.1) is 0 Å². The zero-order valence-corrected chi connectivity index (χ0v) is 10.1. The van der Waals surface area contributed by atoms with Gasteiger partial charge in [-0.3, -0.25) is 4.79 Å². The molecule has 0 spiro atoms. The SMILES string of the molecule is O=C(Nc1cc(F)ccc1Br)[C@@H]1CCCO1. The molecule has 1 atom stereocenters. The third kappa shape index (κ3) is 2.59. The van der Waals surface area contributed by atoms with Crippen LogP contribution in [0.25, 0.3) is 0 Å². The van der Waals surface area contributed by atoms with Gasteiger partial charge in [-0.1, -0.05) is 0 Å². The minimum atomic E-state index is -0.407. The molecule has 3 nitrogen and oxygen atoms in total. The van der Waals surface area contributed by atoms with Crippen LogP contribution in [0, 0.1) is 5.82 Å². The molecule has 0 bridgehead atoms. The van der Waals surface area contributed by atoms with Gasteiger partial charge in [-0.2, -0.15) is 0 Å². The molecule has 1 amide bonds. The van der Waals surface area contributed by atoms with Crippen molar-refractivity contribution < 1.29 is 13.9 Å². The van der Waals surface area contributed by atoms with Crippen molar-refractivity contribution in [1.29, 1.82) is 0 Å². The van der Waals surface area contributed by atoms with Crippen molar-refractivity contribution in [2.45, 2.75) is 18.9 Å². The molecule has 1 heterocycles. The molecule has 1 fully saturated rings. The molecule has 0 unspecified atom stereocenters. The van der Waals surface area contributed by atoms with E-state index in [0.717, 1.165) is 12.8 Å². The Kier molecular flexibility index (Phi) is 3.56. The summed E-state index contributed by atoms with van der Waals surface area (Å²) in [5.41, 5.74) is 0.431. The van der Waals surface area contributed by atoms with E-state index < -0.39 is 6.10 Å². The van der Waals surface area contributed by atoms with Crippen molar-refractivity contribution in [2.24, 2.45) is 0 Å². The maximum absolute atomic E-state index is 13.0. The van der Waals surface area contributed by atoms with Gasteiger partial charge in [0.05, 0.1) is 5.69 Å². The van der Waals surface area contributed by atoms with Crippen LogP contribution in [-0.4, -0.2) is 18.6 Å². The number of hydrogen-bond acceptors (Lipinski definition) is 2. The minimum absolute atomic E-state index is 0.219. The number of carbonyl (C=O) groups is 1. The van der Waals surface area contributed by atoms with E-state index in [-0.39, 0.29) is 11.7 Å². The molecule has 1 aliphatic rings. The number of halogens is 2. The Morgan fingerprint density at radius 2 is 2.38 bits per heavy atom. The summed E-state index contributed by atoms with van der Waals surface area (Å²) < 4.78 is 18.9. The Labute approximate surface area is 101 Å². The molecule has 1 aromatic carbocycles. The van der Waals surface area contributed by atoms with Gasteiger partial charge in [-0.25, -0.2) is 4.39 Å². The number of ether oxygens (including phenoxy) is 1. The average Bonchev–Trinajstić information content (AvgIpc) is 2.76. The van der Waals surface area contributed by atoms with Gasteiger partial charge in [0, 0.05) is 11.1 Å². The summed E-state index contributed by atoms with van der Waals surface area (Å²) in [5, 5.41) is 2.64. The molecular weight excluding hydrogens is 277 g/mol. The molecule has 2 rings (SSSR count). The van der Waals surface area contributed by atoms with Gasteiger partial charge >= 0.3 is 0 Å². The fourth-order valence-corrected chi connectivity index (χ4v) is 1.94. The van der Waals surface area contributed by atoms with Crippen LogP contribution in [0.15, 0.2) is 22.7 Å². The maximum atomic E-state index is 13.0. The summed E-state index contributed by atoms with van der Waals surface area (Å²) in [4.78, 5) is 11.7. The number of benzene rings is 1. The lowest BCUT2D eigenvalue weighted by atomic mass is 10.2. The first kappa shape index (κ1) is 11.5. The topological polar surface area (TPSA) is 38.3 Å². The fraction of sp³-hybridized carbons (Fsp3) is 0.364. The molecule has 1 aromatic rings. The quantitative estimate of drug-likeness (QED) is 0.908. The number of carbonyl (C=O) groups excluding carboxylic acids is 1. The number of nitrogens with one attached hydrogen (secondary N) is 1. The van der Waals surface area contributed by atoms with Gasteiger partial charge in [0.1, 0.15) is 11.9 Å². The van der Waals surface area contributed by atoms with Gasteiger partial charge in [0.25, 0.3) is 5.91 Å². The minimum Gasteiger partial charge on any atom is -0.368 e. The average molecular weight is 288 g/mol. The van der Waals surface area contributed by atoms with E-state index >= 15 is 0 Å². The Hall–Kier alpha value is -0.940. The van der Waals surface area contributed by atoms with Crippen molar-refractivity contribution >= 4 is 27.5 Å². The van der Waals surface area contributed by atoms with Crippen LogP contribution >= 0.6 is 15.9 Å². The third-order valence-electron chi connectivity index (χ3n) is 2.41. The first-order valence-corrected chi connectivity index (χ1v) is 5.83. The normalized spacial score (nSPS) is 19.8. The molecule has 0 saturated carbocycles. The van der Waals surface area contributed by atoms with Gasteiger partial charge < -0.3 is 10.1 Å². The Morgan fingerprint density at radius 1 is 1.56 bits per heavy atom. The second-order valence-corrected chi connectivity index (χ2v) is 4.47. The Bertz CT molecular complexity index is 405. The zero-order chi connectivity index (χ0) is 11.5. The smallest absolute Gasteiger partial charge is 0.253 e. The molecule has 1 aliphatic heterocycles. The summed E-state index contributed by atoms with van der Waals surface area (Å²) in [6, 6.07) is 4.16. The second-order valence-electron chi connectivity index (χ2n) is 3.62. The van der Waals surface area contributed by atoms with E-state index in [0.29, 0.717) is 16.8 Å². The predicted octanol–water partition coefficient (Wildman–Crippen LogP) is 2.71. The van der Waals surface area contributed by atoms with E-state index in [1.807, 2.05) is 0 Å². The van der Waals surface area contributed by atoms with Crippen LogP contribution in [0.4, 0.5) is 10.1 Å². The van der Waals surface area contributed by atoms with Crippen molar-refractivity contribution in [3.05, 3.63) is 28.5 Å². The standard InChI is InChI=1S/C11H11BrFNO2/c12-8-4-3-7(13)6-9(8)14-11(15)10-2-1-5-16-10/h3-4,6,10H,1-2,5H2,(H,14,15)/t10-/m0/s1. The lowest BCUT2D eigenvalue weighted by Crippen LogP contribution is -2.27. The monoisotopic (exact) mass is 287 g/mol. The highest BCUT2D eigenvalue weighted by atomic mass is 79.9. The number of hydrogen-bond donors (Lipinski definition) is 1. The van der Waals surface area contributed by atoms with Gasteiger partial charge in [0.15, 0.2) is 0 Å². The highest BCUT2D eigenvalue weighted by Gasteiger charge is 2.23. The van der Waals surface area contributed by atoms with Crippen molar-refractivity contribution in [2.75, 3.05) is 11.9 Å². The highest BCUT2D eigenvalue weighted by molar-refractivity contribution is 9.10. The van der Waals surface area contributed by atoms with Gasteiger partial charge in [-0.05, 0) is 47.0 Å². The highest BCUT2D eigenvalue weighted by Crippen LogP contribution is 2.24. The van der Waals surface area contributed by atoms with Gasteiger partial charge in [0.2, 0.25) is 0 Å². The largest absolute Gasteiger partial charge is 0.368 e. The number of rotatable bonds is 2. The third-order valence-corrected chi connectivity index (χ3v) is 3.10. The van der Waals surface area contributed by atoms with Crippen LogP contribution in [0.5, 0.6) is 0 Å². The molecule has 0 aromatic heterocycles. The van der Waals surface area contributed by atoms with Crippen molar-refractivity contribution in [3.8, 4) is 0 Å². The molecule has 5 heteroatoms. The predicted molar refractivity (Wildman–Crippen MR) is 61.7 cm³/mol. The van der Waals surface area contributed by atoms with E-state index in [1.165, 1.54) is 12.1 Å². The fourth-order valence-electron chi connectivity index (χ4n) is 1.59. The first-order chi connectivity index (χ1) is 7.66. The van der Waals surface area contributed by atoms with E-state index in [4.69, 9.17) is 4.74 Å². The van der Waals surface area contributed by atoms with E-state index in [1.54, 1.807) is 6.07 Å². The van der Waals surface area contributed by atoms with E-state index in [2.05, 4.69) is 21.2 Å². The lowest BCUT2D eigenvalue weighted by Gasteiger charge is -2.11. The molecular formula is C11H11BrFNO2.